The number of amides is 2. The maximum absolute atomic E-state index is 11.6. The zero-order chi connectivity index (χ0) is 12.6. The molecule has 1 atom stereocenters. The Bertz CT molecular complexity index is 233. The number of carbonyl (C=O) groups excluding carboxylic acids is 1. The Labute approximate surface area is 95.2 Å². The maximum atomic E-state index is 11.6. The van der Waals surface area contributed by atoms with Crippen LogP contribution in [0.5, 0.6) is 0 Å². The third-order valence-corrected chi connectivity index (χ3v) is 2.28. The van der Waals surface area contributed by atoms with Crippen molar-refractivity contribution in [1.82, 2.24) is 10.2 Å². The van der Waals surface area contributed by atoms with Crippen LogP contribution in [-0.4, -0.2) is 52.9 Å². The summed E-state index contributed by atoms with van der Waals surface area (Å²) in [6, 6.07) is -0.692. The van der Waals surface area contributed by atoms with Crippen molar-refractivity contribution in [1.29, 1.82) is 0 Å². The lowest BCUT2D eigenvalue weighted by molar-refractivity contribution is -0.137. The van der Waals surface area contributed by atoms with Gasteiger partial charge in [0.05, 0.1) is 13.0 Å². The molecule has 2 amide bonds. The first kappa shape index (κ1) is 14.7. The van der Waals surface area contributed by atoms with Crippen LogP contribution < -0.4 is 5.32 Å². The van der Waals surface area contributed by atoms with E-state index in [2.05, 4.69) is 5.32 Å². The summed E-state index contributed by atoms with van der Waals surface area (Å²) in [5.41, 5.74) is 0. The molecule has 6 nitrogen and oxygen atoms in total. The van der Waals surface area contributed by atoms with Crippen LogP contribution in [0, 0.1) is 0 Å². The third kappa shape index (κ3) is 5.55. The highest BCUT2D eigenvalue weighted by Gasteiger charge is 2.17. The van der Waals surface area contributed by atoms with Gasteiger partial charge >= 0.3 is 12.0 Å². The summed E-state index contributed by atoms with van der Waals surface area (Å²) in [7, 11) is 0. The van der Waals surface area contributed by atoms with Gasteiger partial charge in [-0.2, -0.15) is 0 Å². The smallest absolute Gasteiger partial charge is 0.317 e. The average Bonchev–Trinajstić information content (AvgIpc) is 2.23. The number of carbonyl (C=O) groups is 2. The second kappa shape index (κ2) is 7.92. The first-order valence-corrected chi connectivity index (χ1v) is 5.43. The van der Waals surface area contributed by atoms with E-state index < -0.39 is 5.97 Å². The Hall–Kier alpha value is -1.30. The summed E-state index contributed by atoms with van der Waals surface area (Å²) in [6.07, 6.45) is 0.480. The number of aliphatic hydroxyl groups excluding tert-OH is 1. The maximum Gasteiger partial charge on any atom is 0.317 e. The number of urea groups is 1. The normalized spacial score (nSPS) is 11.9. The van der Waals surface area contributed by atoms with E-state index >= 15 is 0 Å². The molecule has 0 bridgehead atoms. The van der Waals surface area contributed by atoms with E-state index in [1.807, 2.05) is 6.92 Å². The molecular formula is C10H20N2O4. The van der Waals surface area contributed by atoms with Gasteiger partial charge in [0.1, 0.15) is 0 Å². The van der Waals surface area contributed by atoms with E-state index in [1.54, 1.807) is 6.92 Å². The predicted octanol–water partition coefficient (Wildman–Crippen LogP) is 0.264. The summed E-state index contributed by atoms with van der Waals surface area (Å²) in [6.45, 7) is 4.25. The van der Waals surface area contributed by atoms with Crippen molar-refractivity contribution < 1.29 is 19.8 Å². The van der Waals surface area contributed by atoms with Gasteiger partial charge in [0.15, 0.2) is 0 Å². The molecule has 0 radical (unpaired) electrons. The molecule has 0 aliphatic heterocycles. The molecule has 0 fully saturated rings. The molecule has 0 aromatic heterocycles. The summed E-state index contributed by atoms with van der Waals surface area (Å²) < 4.78 is 0. The van der Waals surface area contributed by atoms with Gasteiger partial charge in [0.2, 0.25) is 0 Å². The number of carboxylic acid groups (broad SMARTS) is 1. The van der Waals surface area contributed by atoms with Crippen molar-refractivity contribution in [2.24, 2.45) is 0 Å². The largest absolute Gasteiger partial charge is 0.481 e. The van der Waals surface area contributed by atoms with Crippen LogP contribution in [0.2, 0.25) is 0 Å². The van der Waals surface area contributed by atoms with Gasteiger partial charge in [-0.1, -0.05) is 6.92 Å². The number of rotatable bonds is 7. The minimum atomic E-state index is -0.933. The molecular weight excluding hydrogens is 212 g/mol. The van der Waals surface area contributed by atoms with Crippen molar-refractivity contribution in [3.8, 4) is 0 Å². The minimum absolute atomic E-state index is 0.0844. The van der Waals surface area contributed by atoms with E-state index in [1.165, 1.54) is 4.90 Å². The number of likely N-dealkylation sites (N-methyl/N-ethyl adjacent to an activating group) is 1. The molecule has 0 saturated heterocycles. The highest BCUT2D eigenvalue weighted by Crippen LogP contribution is 1.99. The van der Waals surface area contributed by atoms with Gasteiger partial charge in [-0.3, -0.25) is 4.79 Å². The Morgan fingerprint density at radius 2 is 2.00 bits per heavy atom. The minimum Gasteiger partial charge on any atom is -0.481 e. The van der Waals surface area contributed by atoms with Crippen LogP contribution in [0.15, 0.2) is 0 Å². The second-order valence-electron chi connectivity index (χ2n) is 3.46. The Balaban J connectivity index is 4.21. The summed E-state index contributed by atoms with van der Waals surface area (Å²) in [5, 5.41) is 20.0. The van der Waals surface area contributed by atoms with Crippen molar-refractivity contribution in [2.45, 2.75) is 32.7 Å². The number of hydrogen-bond donors (Lipinski definition) is 3. The molecule has 0 aliphatic rings. The number of carboxylic acids is 1. The zero-order valence-electron chi connectivity index (χ0n) is 9.77. The van der Waals surface area contributed by atoms with Crippen molar-refractivity contribution in [3.05, 3.63) is 0 Å². The monoisotopic (exact) mass is 232 g/mol. The lowest BCUT2D eigenvalue weighted by atomic mass is 10.1. The predicted molar refractivity (Wildman–Crippen MR) is 59.2 cm³/mol. The fourth-order valence-corrected chi connectivity index (χ4v) is 1.30. The lowest BCUT2D eigenvalue weighted by Crippen LogP contribution is -2.46. The van der Waals surface area contributed by atoms with Gasteiger partial charge < -0.3 is 20.4 Å². The number of aliphatic carboxylic acids is 1. The standard InChI is InChI=1S/C10H20N2O4/c1-3-8(7-9(14)15)11-10(16)12(4-2)5-6-13/h8,13H,3-7H2,1-2H3,(H,11,16)(H,14,15). The Morgan fingerprint density at radius 3 is 2.38 bits per heavy atom. The number of hydrogen-bond acceptors (Lipinski definition) is 3. The Morgan fingerprint density at radius 1 is 1.38 bits per heavy atom. The summed E-state index contributed by atoms with van der Waals surface area (Å²) in [4.78, 5) is 23.6. The average molecular weight is 232 g/mol. The Kier molecular flexibility index (Phi) is 7.28. The third-order valence-electron chi connectivity index (χ3n) is 2.28. The highest BCUT2D eigenvalue weighted by atomic mass is 16.4. The SMILES string of the molecule is CCC(CC(=O)O)NC(=O)N(CC)CCO. The molecule has 0 rings (SSSR count). The van der Waals surface area contributed by atoms with E-state index in [9.17, 15) is 9.59 Å². The van der Waals surface area contributed by atoms with E-state index in [-0.39, 0.29) is 31.6 Å². The topological polar surface area (TPSA) is 89.9 Å². The molecule has 3 N–H and O–H groups in total. The summed E-state index contributed by atoms with van der Waals surface area (Å²) >= 11 is 0. The second-order valence-corrected chi connectivity index (χ2v) is 3.46. The van der Waals surface area contributed by atoms with Gasteiger partial charge in [0, 0.05) is 19.1 Å². The van der Waals surface area contributed by atoms with Crippen molar-refractivity contribution in [3.63, 3.8) is 0 Å². The number of nitrogens with one attached hydrogen (secondary N) is 1. The fourth-order valence-electron chi connectivity index (χ4n) is 1.30. The van der Waals surface area contributed by atoms with Crippen molar-refractivity contribution >= 4 is 12.0 Å². The lowest BCUT2D eigenvalue weighted by Gasteiger charge is -2.23. The van der Waals surface area contributed by atoms with E-state index in [0.29, 0.717) is 13.0 Å². The van der Waals surface area contributed by atoms with Gasteiger partial charge in [-0.15, -0.1) is 0 Å². The van der Waals surface area contributed by atoms with Gasteiger partial charge in [-0.25, -0.2) is 4.79 Å². The van der Waals surface area contributed by atoms with Crippen LogP contribution in [0.1, 0.15) is 26.7 Å². The van der Waals surface area contributed by atoms with Crippen LogP contribution in [-0.2, 0) is 4.79 Å². The molecule has 0 heterocycles. The molecule has 0 saturated carbocycles. The van der Waals surface area contributed by atoms with Crippen LogP contribution in [0.4, 0.5) is 4.79 Å². The molecule has 16 heavy (non-hydrogen) atoms. The van der Waals surface area contributed by atoms with Gasteiger partial charge in [0.25, 0.3) is 0 Å². The molecule has 94 valence electrons. The highest BCUT2D eigenvalue weighted by molar-refractivity contribution is 5.75. The molecule has 0 aromatic rings. The molecule has 1 unspecified atom stereocenters. The molecule has 0 aliphatic carbocycles. The molecule has 6 heteroatoms. The first-order valence-electron chi connectivity index (χ1n) is 5.43. The zero-order valence-corrected chi connectivity index (χ0v) is 9.77. The van der Waals surface area contributed by atoms with E-state index in [0.717, 1.165) is 0 Å². The van der Waals surface area contributed by atoms with Crippen LogP contribution >= 0.6 is 0 Å². The van der Waals surface area contributed by atoms with E-state index in [4.69, 9.17) is 10.2 Å². The first-order chi connectivity index (χ1) is 7.54. The summed E-state index contributed by atoms with van der Waals surface area (Å²) in [5.74, 6) is -0.933. The van der Waals surface area contributed by atoms with Gasteiger partial charge in [-0.05, 0) is 13.3 Å². The fraction of sp³-hybridized carbons (Fsp3) is 0.800. The molecule has 0 spiro atoms. The number of aliphatic hydroxyl groups is 1. The molecule has 0 aromatic carbocycles. The van der Waals surface area contributed by atoms with Crippen molar-refractivity contribution in [2.75, 3.05) is 19.7 Å². The number of nitrogens with zero attached hydrogens (tertiary/aromatic N) is 1. The quantitative estimate of drug-likeness (QED) is 0.587. The van der Waals surface area contributed by atoms with Crippen LogP contribution in [0.3, 0.4) is 0 Å². The van der Waals surface area contributed by atoms with Crippen LogP contribution in [0.25, 0.3) is 0 Å².